The van der Waals surface area contributed by atoms with Crippen LogP contribution in [0.3, 0.4) is 0 Å². The van der Waals surface area contributed by atoms with E-state index in [-0.39, 0.29) is 5.54 Å². The number of carbonyl (C=O) groups excluding carboxylic acids is 1. The summed E-state index contributed by atoms with van der Waals surface area (Å²) in [5.41, 5.74) is -0.0740. The standard InChI is InChI=1S/C11H17NO/c1-4-7-11(2,3)12-8-5-10(13)6-9-12/h5-6,8-9H2,1-3H3. The van der Waals surface area contributed by atoms with Crippen LogP contribution in [0, 0.1) is 11.8 Å². The molecule has 1 aliphatic heterocycles. The fraction of sp³-hybridized carbons (Fsp3) is 0.727. The summed E-state index contributed by atoms with van der Waals surface area (Å²) in [5, 5.41) is 0. The molecule has 0 unspecified atom stereocenters. The molecule has 0 aromatic rings. The average molecular weight is 179 g/mol. The van der Waals surface area contributed by atoms with Gasteiger partial charge >= 0.3 is 0 Å². The third kappa shape index (κ3) is 2.57. The van der Waals surface area contributed by atoms with Crippen LogP contribution in [0.2, 0.25) is 0 Å². The first kappa shape index (κ1) is 10.3. The summed E-state index contributed by atoms with van der Waals surface area (Å²) in [7, 11) is 0. The van der Waals surface area contributed by atoms with Crippen molar-refractivity contribution in [2.75, 3.05) is 13.1 Å². The zero-order valence-electron chi connectivity index (χ0n) is 8.68. The van der Waals surface area contributed by atoms with E-state index in [4.69, 9.17) is 0 Å². The molecule has 1 aliphatic rings. The number of Topliss-reactive ketones (excluding diaryl/α,β-unsaturated/α-hetero) is 1. The highest BCUT2D eigenvalue weighted by Crippen LogP contribution is 2.18. The van der Waals surface area contributed by atoms with E-state index in [1.807, 2.05) is 6.92 Å². The van der Waals surface area contributed by atoms with Gasteiger partial charge in [0.2, 0.25) is 0 Å². The normalized spacial score (nSPS) is 19.5. The van der Waals surface area contributed by atoms with Gasteiger partial charge in [-0.3, -0.25) is 9.69 Å². The maximum atomic E-state index is 11.0. The van der Waals surface area contributed by atoms with Crippen molar-refractivity contribution in [3.8, 4) is 11.8 Å². The molecule has 13 heavy (non-hydrogen) atoms. The van der Waals surface area contributed by atoms with E-state index in [0.717, 1.165) is 13.1 Å². The van der Waals surface area contributed by atoms with E-state index < -0.39 is 0 Å². The van der Waals surface area contributed by atoms with Crippen molar-refractivity contribution in [1.82, 2.24) is 4.90 Å². The van der Waals surface area contributed by atoms with Crippen molar-refractivity contribution in [1.29, 1.82) is 0 Å². The second kappa shape index (κ2) is 3.93. The Hall–Kier alpha value is -0.810. The first-order chi connectivity index (χ1) is 6.06. The predicted octanol–water partition coefficient (Wildman–Crippen LogP) is 1.45. The number of rotatable bonds is 1. The molecule has 0 aromatic carbocycles. The van der Waals surface area contributed by atoms with Crippen LogP contribution in [0.15, 0.2) is 0 Å². The lowest BCUT2D eigenvalue weighted by Crippen LogP contribution is -2.47. The van der Waals surface area contributed by atoms with E-state index in [0.29, 0.717) is 18.6 Å². The molecule has 0 saturated carbocycles. The lowest BCUT2D eigenvalue weighted by molar-refractivity contribution is -0.122. The first-order valence-electron chi connectivity index (χ1n) is 4.77. The summed E-state index contributed by atoms with van der Waals surface area (Å²) in [5.74, 6) is 6.50. The highest BCUT2D eigenvalue weighted by Gasteiger charge is 2.27. The Balaban J connectivity index is 2.60. The number of nitrogens with zero attached hydrogens (tertiary/aromatic N) is 1. The zero-order chi connectivity index (χ0) is 9.90. The monoisotopic (exact) mass is 179 g/mol. The SMILES string of the molecule is CC#CC(C)(C)N1CCC(=O)CC1. The number of hydrogen-bond acceptors (Lipinski definition) is 2. The maximum absolute atomic E-state index is 11.0. The van der Waals surface area contributed by atoms with Gasteiger partial charge in [0.25, 0.3) is 0 Å². The van der Waals surface area contributed by atoms with Gasteiger partial charge in [-0.05, 0) is 20.8 Å². The molecule has 1 rings (SSSR count). The van der Waals surface area contributed by atoms with Crippen molar-refractivity contribution >= 4 is 5.78 Å². The van der Waals surface area contributed by atoms with E-state index in [2.05, 4.69) is 30.6 Å². The number of piperidine rings is 1. The second-order valence-electron chi connectivity index (χ2n) is 3.96. The van der Waals surface area contributed by atoms with Crippen LogP contribution >= 0.6 is 0 Å². The van der Waals surface area contributed by atoms with Gasteiger partial charge in [0.1, 0.15) is 5.78 Å². The van der Waals surface area contributed by atoms with Crippen LogP contribution in [0.5, 0.6) is 0 Å². The van der Waals surface area contributed by atoms with Gasteiger partial charge in [-0.15, -0.1) is 5.92 Å². The summed E-state index contributed by atoms with van der Waals surface area (Å²) in [6.45, 7) is 7.80. The minimum absolute atomic E-state index is 0.0740. The molecule has 0 bridgehead atoms. The van der Waals surface area contributed by atoms with E-state index in [9.17, 15) is 4.79 Å². The fourth-order valence-corrected chi connectivity index (χ4v) is 1.70. The van der Waals surface area contributed by atoms with E-state index in [1.165, 1.54) is 0 Å². The molecule has 0 aliphatic carbocycles. The molecule has 0 radical (unpaired) electrons. The van der Waals surface area contributed by atoms with Crippen molar-refractivity contribution in [3.63, 3.8) is 0 Å². The van der Waals surface area contributed by atoms with Gasteiger partial charge in [0, 0.05) is 25.9 Å². The Morgan fingerprint density at radius 2 is 1.85 bits per heavy atom. The van der Waals surface area contributed by atoms with Crippen LogP contribution in [-0.4, -0.2) is 29.3 Å². The number of hydrogen-bond donors (Lipinski definition) is 0. The Kier molecular flexibility index (Phi) is 3.11. The molecule has 0 amide bonds. The molecule has 2 heteroatoms. The molecule has 0 spiro atoms. The molecule has 0 aromatic heterocycles. The Morgan fingerprint density at radius 3 is 2.31 bits per heavy atom. The summed E-state index contributed by atoms with van der Waals surface area (Å²) in [4.78, 5) is 13.3. The highest BCUT2D eigenvalue weighted by molar-refractivity contribution is 5.79. The summed E-state index contributed by atoms with van der Waals surface area (Å²) >= 11 is 0. The largest absolute Gasteiger partial charge is 0.300 e. The number of ketones is 1. The van der Waals surface area contributed by atoms with Crippen molar-refractivity contribution in [2.45, 2.75) is 39.2 Å². The third-order valence-corrected chi connectivity index (χ3v) is 2.54. The molecular formula is C11H17NO. The van der Waals surface area contributed by atoms with E-state index >= 15 is 0 Å². The van der Waals surface area contributed by atoms with Crippen LogP contribution in [-0.2, 0) is 4.79 Å². The van der Waals surface area contributed by atoms with Gasteiger partial charge in [-0.25, -0.2) is 0 Å². The zero-order valence-corrected chi connectivity index (χ0v) is 8.68. The van der Waals surface area contributed by atoms with Crippen LogP contribution < -0.4 is 0 Å². The molecular weight excluding hydrogens is 162 g/mol. The van der Waals surface area contributed by atoms with Crippen molar-refractivity contribution < 1.29 is 4.79 Å². The van der Waals surface area contributed by atoms with Crippen molar-refractivity contribution in [2.24, 2.45) is 0 Å². The minimum atomic E-state index is -0.0740. The van der Waals surface area contributed by atoms with Crippen LogP contribution in [0.1, 0.15) is 33.6 Å². The summed E-state index contributed by atoms with van der Waals surface area (Å²) < 4.78 is 0. The molecule has 1 fully saturated rings. The van der Waals surface area contributed by atoms with E-state index in [1.54, 1.807) is 0 Å². The van der Waals surface area contributed by atoms with Crippen molar-refractivity contribution in [3.05, 3.63) is 0 Å². The van der Waals surface area contributed by atoms with Gasteiger partial charge in [0.05, 0.1) is 5.54 Å². The molecule has 72 valence electrons. The Morgan fingerprint density at radius 1 is 1.31 bits per heavy atom. The lowest BCUT2D eigenvalue weighted by atomic mass is 9.99. The Labute approximate surface area is 80.3 Å². The second-order valence-corrected chi connectivity index (χ2v) is 3.96. The quantitative estimate of drug-likeness (QED) is 0.568. The Bertz CT molecular complexity index is 247. The smallest absolute Gasteiger partial charge is 0.135 e. The van der Waals surface area contributed by atoms with Gasteiger partial charge in [-0.2, -0.15) is 0 Å². The minimum Gasteiger partial charge on any atom is -0.300 e. The first-order valence-corrected chi connectivity index (χ1v) is 4.77. The number of likely N-dealkylation sites (tertiary alicyclic amines) is 1. The van der Waals surface area contributed by atoms with Crippen LogP contribution in [0.25, 0.3) is 0 Å². The highest BCUT2D eigenvalue weighted by atomic mass is 16.1. The van der Waals surface area contributed by atoms with Gasteiger partial charge in [-0.1, -0.05) is 5.92 Å². The predicted molar refractivity (Wildman–Crippen MR) is 53.3 cm³/mol. The molecule has 2 nitrogen and oxygen atoms in total. The molecule has 1 heterocycles. The molecule has 0 atom stereocenters. The summed E-state index contributed by atoms with van der Waals surface area (Å²) in [6, 6.07) is 0. The fourth-order valence-electron chi connectivity index (χ4n) is 1.70. The molecule has 0 N–H and O–H groups in total. The molecule has 1 saturated heterocycles. The van der Waals surface area contributed by atoms with Gasteiger partial charge in [0.15, 0.2) is 0 Å². The lowest BCUT2D eigenvalue weighted by Gasteiger charge is -2.36. The summed E-state index contributed by atoms with van der Waals surface area (Å²) in [6.07, 6.45) is 1.38. The van der Waals surface area contributed by atoms with Gasteiger partial charge < -0.3 is 0 Å². The maximum Gasteiger partial charge on any atom is 0.135 e. The van der Waals surface area contributed by atoms with Crippen LogP contribution in [0.4, 0.5) is 0 Å². The number of carbonyl (C=O) groups is 1. The average Bonchev–Trinajstić information content (AvgIpc) is 2.05. The third-order valence-electron chi connectivity index (χ3n) is 2.54. The topological polar surface area (TPSA) is 20.3 Å².